The lowest BCUT2D eigenvalue weighted by molar-refractivity contribution is -0.384. The van der Waals surface area contributed by atoms with Crippen LogP contribution in [0.4, 0.5) is 10.8 Å². The lowest BCUT2D eigenvalue weighted by Gasteiger charge is -2.04. The van der Waals surface area contributed by atoms with E-state index < -0.39 is 4.92 Å². The Morgan fingerprint density at radius 3 is 2.71 bits per heavy atom. The van der Waals surface area contributed by atoms with Crippen molar-refractivity contribution in [2.75, 3.05) is 5.32 Å². The molecule has 11 heteroatoms. The number of benzene rings is 1. The van der Waals surface area contributed by atoms with Crippen molar-refractivity contribution in [2.24, 2.45) is 7.05 Å². The summed E-state index contributed by atoms with van der Waals surface area (Å²) < 4.78 is 7.37. The maximum atomic E-state index is 12.6. The summed E-state index contributed by atoms with van der Waals surface area (Å²) in [7, 11) is 1.85. The Hall–Kier alpha value is -3.57. The molecule has 1 N–H and O–H groups in total. The number of hydrogen-bond acceptors (Lipinski definition) is 8. The molecule has 0 fully saturated rings. The Morgan fingerprint density at radius 2 is 2.03 bits per heavy atom. The Balaban J connectivity index is 1.36. The van der Waals surface area contributed by atoms with E-state index >= 15 is 0 Å². The second-order valence-electron chi connectivity index (χ2n) is 6.65. The SMILES string of the molecule is Cc1nn(C)cc1-c1csc(NC(=O)c2cc(COc3ccc([N+](=O)[O-])cc3)cs2)n1. The highest BCUT2D eigenvalue weighted by Gasteiger charge is 2.14. The van der Waals surface area contributed by atoms with Crippen LogP contribution in [0.5, 0.6) is 5.75 Å². The van der Waals surface area contributed by atoms with Crippen molar-refractivity contribution in [3.8, 4) is 17.0 Å². The Bertz CT molecular complexity index is 1240. The van der Waals surface area contributed by atoms with Gasteiger partial charge < -0.3 is 4.74 Å². The number of nitrogens with zero attached hydrogens (tertiary/aromatic N) is 4. The van der Waals surface area contributed by atoms with Gasteiger partial charge in [0.2, 0.25) is 0 Å². The number of anilines is 1. The molecule has 0 atom stereocenters. The van der Waals surface area contributed by atoms with Crippen LogP contribution in [0.2, 0.25) is 0 Å². The molecule has 9 nitrogen and oxygen atoms in total. The number of thiazole rings is 1. The summed E-state index contributed by atoms with van der Waals surface area (Å²) in [6, 6.07) is 7.61. The number of non-ortho nitro benzene ring substituents is 1. The highest BCUT2D eigenvalue weighted by molar-refractivity contribution is 7.14. The molecule has 31 heavy (non-hydrogen) atoms. The molecule has 4 aromatic rings. The first-order valence-corrected chi connectivity index (χ1v) is 10.9. The van der Waals surface area contributed by atoms with Crippen LogP contribution in [0.1, 0.15) is 20.9 Å². The van der Waals surface area contributed by atoms with Crippen molar-refractivity contribution in [3.63, 3.8) is 0 Å². The van der Waals surface area contributed by atoms with E-state index in [0.29, 0.717) is 15.8 Å². The molecule has 0 aliphatic rings. The summed E-state index contributed by atoms with van der Waals surface area (Å²) in [5.41, 5.74) is 3.42. The summed E-state index contributed by atoms with van der Waals surface area (Å²) in [5, 5.41) is 22.1. The average molecular weight is 456 g/mol. The molecule has 0 spiro atoms. The van der Waals surface area contributed by atoms with Crippen molar-refractivity contribution in [1.82, 2.24) is 14.8 Å². The third-order valence-corrected chi connectivity index (χ3v) is 6.08. The molecular weight excluding hydrogens is 438 g/mol. The normalized spacial score (nSPS) is 10.8. The predicted octanol–water partition coefficient (Wildman–Crippen LogP) is 4.65. The van der Waals surface area contributed by atoms with E-state index in [1.165, 1.54) is 34.8 Å². The lowest BCUT2D eigenvalue weighted by atomic mass is 10.2. The Kier molecular flexibility index (Phi) is 5.78. The van der Waals surface area contributed by atoms with Gasteiger partial charge in [-0.2, -0.15) is 5.10 Å². The summed E-state index contributed by atoms with van der Waals surface area (Å²) in [5.74, 6) is 0.277. The molecular formula is C20H17N5O4S2. The summed E-state index contributed by atoms with van der Waals surface area (Å²) in [4.78, 5) is 27.8. The van der Waals surface area contributed by atoms with E-state index in [0.717, 1.165) is 22.5 Å². The summed E-state index contributed by atoms with van der Waals surface area (Å²) in [6.07, 6.45) is 1.90. The number of thiophene rings is 1. The van der Waals surface area contributed by atoms with Gasteiger partial charge in [-0.3, -0.25) is 24.9 Å². The number of carbonyl (C=O) groups excluding carboxylic acids is 1. The smallest absolute Gasteiger partial charge is 0.269 e. The van der Waals surface area contributed by atoms with E-state index in [9.17, 15) is 14.9 Å². The molecule has 158 valence electrons. The standard InChI is InChI=1S/C20H17N5O4S2/c1-12-16(8-24(2)23-12)17-11-31-20(21-17)22-19(26)18-7-13(10-30-18)9-29-15-5-3-14(4-6-15)25(27)28/h3-8,10-11H,9H2,1-2H3,(H,21,22,26). The zero-order chi connectivity index (χ0) is 22.0. The van der Waals surface area contributed by atoms with Crippen molar-refractivity contribution >= 4 is 39.4 Å². The summed E-state index contributed by atoms with van der Waals surface area (Å²) >= 11 is 2.66. The van der Waals surface area contributed by atoms with E-state index in [-0.39, 0.29) is 18.2 Å². The van der Waals surface area contributed by atoms with Gasteiger partial charge in [0, 0.05) is 41.9 Å². The number of hydrogen-bond donors (Lipinski definition) is 1. The number of ether oxygens (including phenoxy) is 1. The fourth-order valence-corrected chi connectivity index (χ4v) is 4.36. The number of amides is 1. The van der Waals surface area contributed by atoms with Crippen LogP contribution in [0.15, 0.2) is 47.3 Å². The first-order valence-electron chi connectivity index (χ1n) is 9.11. The molecule has 0 unspecified atom stereocenters. The quantitative estimate of drug-likeness (QED) is 0.321. The molecule has 0 saturated heterocycles. The fraction of sp³-hybridized carbons (Fsp3) is 0.150. The predicted molar refractivity (Wildman–Crippen MR) is 119 cm³/mol. The maximum Gasteiger partial charge on any atom is 0.269 e. The molecule has 3 heterocycles. The van der Waals surface area contributed by atoms with Gasteiger partial charge in [-0.25, -0.2) is 4.98 Å². The molecule has 3 aromatic heterocycles. The molecule has 1 aromatic carbocycles. The van der Waals surface area contributed by atoms with Gasteiger partial charge in [0.05, 0.1) is 21.2 Å². The largest absolute Gasteiger partial charge is 0.489 e. The van der Waals surface area contributed by atoms with Crippen molar-refractivity contribution in [2.45, 2.75) is 13.5 Å². The number of aromatic nitrogens is 3. The van der Waals surface area contributed by atoms with Crippen molar-refractivity contribution in [3.05, 3.63) is 73.5 Å². The van der Waals surface area contributed by atoms with Crippen LogP contribution in [-0.2, 0) is 13.7 Å². The van der Waals surface area contributed by atoms with Gasteiger partial charge in [-0.1, -0.05) is 0 Å². The third kappa shape index (κ3) is 4.78. The van der Waals surface area contributed by atoms with Crippen LogP contribution < -0.4 is 10.1 Å². The topological polar surface area (TPSA) is 112 Å². The molecule has 0 radical (unpaired) electrons. The maximum absolute atomic E-state index is 12.6. The van der Waals surface area contributed by atoms with Crippen LogP contribution in [-0.4, -0.2) is 25.6 Å². The van der Waals surface area contributed by atoms with Gasteiger partial charge in [-0.15, -0.1) is 22.7 Å². The van der Waals surface area contributed by atoms with Crippen LogP contribution in [0.3, 0.4) is 0 Å². The minimum Gasteiger partial charge on any atom is -0.489 e. The van der Waals surface area contributed by atoms with Crippen LogP contribution in [0.25, 0.3) is 11.3 Å². The second kappa shape index (κ2) is 8.66. The Morgan fingerprint density at radius 1 is 1.26 bits per heavy atom. The number of nitrogens with one attached hydrogen (secondary N) is 1. The van der Waals surface area contributed by atoms with Crippen LogP contribution >= 0.6 is 22.7 Å². The highest BCUT2D eigenvalue weighted by Crippen LogP contribution is 2.27. The molecule has 1 amide bonds. The third-order valence-electron chi connectivity index (χ3n) is 4.34. The minimum atomic E-state index is -0.461. The lowest BCUT2D eigenvalue weighted by Crippen LogP contribution is -2.09. The van der Waals surface area contributed by atoms with E-state index in [4.69, 9.17) is 4.74 Å². The number of nitro benzene ring substituents is 1. The van der Waals surface area contributed by atoms with Gasteiger partial charge in [0.1, 0.15) is 12.4 Å². The number of rotatable bonds is 7. The van der Waals surface area contributed by atoms with Crippen molar-refractivity contribution in [1.29, 1.82) is 0 Å². The number of nitro groups is 1. The zero-order valence-electron chi connectivity index (χ0n) is 16.6. The van der Waals surface area contributed by atoms with Gasteiger partial charge in [-0.05, 0) is 30.5 Å². The zero-order valence-corrected chi connectivity index (χ0v) is 18.2. The van der Waals surface area contributed by atoms with E-state index in [1.807, 2.05) is 30.9 Å². The number of aryl methyl sites for hydroxylation is 2. The molecule has 0 saturated carbocycles. The van der Waals surface area contributed by atoms with Gasteiger partial charge in [0.15, 0.2) is 5.13 Å². The molecule has 4 rings (SSSR count). The van der Waals surface area contributed by atoms with Gasteiger partial charge >= 0.3 is 0 Å². The highest BCUT2D eigenvalue weighted by atomic mass is 32.1. The Labute approximate surface area is 185 Å². The minimum absolute atomic E-state index is 0.00544. The second-order valence-corrected chi connectivity index (χ2v) is 8.42. The number of carbonyl (C=O) groups is 1. The van der Waals surface area contributed by atoms with Gasteiger partial charge in [0.25, 0.3) is 11.6 Å². The summed E-state index contributed by atoms with van der Waals surface area (Å²) in [6.45, 7) is 2.17. The molecule has 0 aliphatic carbocycles. The monoisotopic (exact) mass is 455 g/mol. The van der Waals surface area contributed by atoms with Crippen LogP contribution in [0, 0.1) is 17.0 Å². The average Bonchev–Trinajstić information content (AvgIpc) is 3.47. The van der Waals surface area contributed by atoms with E-state index in [1.54, 1.807) is 22.9 Å². The van der Waals surface area contributed by atoms with Crippen molar-refractivity contribution < 1.29 is 14.5 Å². The fourth-order valence-electron chi connectivity index (χ4n) is 2.87. The van der Waals surface area contributed by atoms with E-state index in [2.05, 4.69) is 15.4 Å². The first-order chi connectivity index (χ1) is 14.9. The molecule has 0 bridgehead atoms. The first kappa shape index (κ1) is 20.7. The molecule has 0 aliphatic heterocycles.